The summed E-state index contributed by atoms with van der Waals surface area (Å²) >= 11 is 0. The van der Waals surface area contributed by atoms with E-state index in [1.165, 1.54) is 14.0 Å². The minimum atomic E-state index is -0.800. The van der Waals surface area contributed by atoms with Gasteiger partial charge in [-0.25, -0.2) is 14.8 Å². The molecule has 0 aliphatic rings. The molecule has 2 aromatic rings. The van der Waals surface area contributed by atoms with Crippen LogP contribution < -0.4 is 21.4 Å². The number of carbonyl (C=O) groups is 1. The molecule has 9 heteroatoms. The number of unbranched alkanes of at least 4 members (excludes halogenated alkanes) is 1. The normalized spacial score (nSPS) is 11.3. The molecule has 0 saturated heterocycles. The number of aromatic hydroxyl groups is 1. The Bertz CT molecular complexity index is 957. The second-order valence-corrected chi connectivity index (χ2v) is 5.83. The van der Waals surface area contributed by atoms with Crippen molar-refractivity contribution in [2.45, 2.75) is 33.1 Å². The second kappa shape index (κ2) is 8.84. The predicted molar refractivity (Wildman–Crippen MR) is 101 cm³/mol. The number of amides is 1. The third-order valence-corrected chi connectivity index (χ3v) is 3.88. The van der Waals surface area contributed by atoms with Crippen LogP contribution in [0.1, 0.15) is 38.7 Å². The number of hydrogen-bond donors (Lipinski definition) is 3. The summed E-state index contributed by atoms with van der Waals surface area (Å²) in [6, 6.07) is 6.34. The largest absolute Gasteiger partial charge is 0.497 e. The maximum absolute atomic E-state index is 12.2. The zero-order chi connectivity index (χ0) is 20.0. The van der Waals surface area contributed by atoms with Crippen molar-refractivity contribution in [3.63, 3.8) is 0 Å². The molecule has 0 unspecified atom stereocenters. The zero-order valence-corrected chi connectivity index (χ0v) is 15.4. The summed E-state index contributed by atoms with van der Waals surface area (Å²) in [5.74, 6) is -0.294. The number of nitrogens with one attached hydrogen (secondary N) is 2. The molecule has 9 nitrogen and oxygen atoms in total. The Balaban J connectivity index is 2.44. The molecule has 1 aromatic carbocycles. The van der Waals surface area contributed by atoms with Crippen LogP contribution in [0.3, 0.4) is 0 Å². The van der Waals surface area contributed by atoms with E-state index in [1.807, 2.05) is 6.92 Å². The van der Waals surface area contributed by atoms with Crippen molar-refractivity contribution in [2.24, 2.45) is 5.10 Å². The van der Waals surface area contributed by atoms with Gasteiger partial charge in [0.15, 0.2) is 0 Å². The third kappa shape index (κ3) is 4.63. The van der Waals surface area contributed by atoms with E-state index in [0.29, 0.717) is 24.3 Å². The van der Waals surface area contributed by atoms with Crippen molar-refractivity contribution in [2.75, 3.05) is 7.11 Å². The monoisotopic (exact) mass is 374 g/mol. The molecule has 0 aliphatic heterocycles. The molecule has 3 N–H and O–H groups in total. The lowest BCUT2D eigenvalue weighted by atomic mass is 10.2. The minimum absolute atomic E-state index is 0.0702. The summed E-state index contributed by atoms with van der Waals surface area (Å²) in [7, 11) is 1.51. The number of nitrogens with zero attached hydrogens (tertiary/aromatic N) is 2. The first-order chi connectivity index (χ1) is 12.9. The summed E-state index contributed by atoms with van der Waals surface area (Å²) in [5, 5.41) is 14.4. The number of carbonyl (C=O) groups excluding carboxylic acids is 1. The van der Waals surface area contributed by atoms with Crippen molar-refractivity contribution >= 4 is 11.6 Å². The van der Waals surface area contributed by atoms with E-state index < -0.39 is 17.1 Å². The molecule has 0 fully saturated rings. The van der Waals surface area contributed by atoms with Crippen molar-refractivity contribution in [3.8, 4) is 17.3 Å². The van der Waals surface area contributed by atoms with Gasteiger partial charge in [-0.2, -0.15) is 5.10 Å². The number of hydrazone groups is 1. The van der Waals surface area contributed by atoms with Gasteiger partial charge in [-0.3, -0.25) is 14.6 Å². The number of methoxy groups -OCH3 is 1. The van der Waals surface area contributed by atoms with Gasteiger partial charge in [0.25, 0.3) is 5.56 Å². The molecule has 0 aliphatic carbocycles. The first-order valence-electron chi connectivity index (χ1n) is 8.45. The van der Waals surface area contributed by atoms with Crippen LogP contribution in [0.5, 0.6) is 11.6 Å². The molecule has 0 atom stereocenters. The van der Waals surface area contributed by atoms with Crippen LogP contribution in [0.4, 0.5) is 0 Å². The molecular weight excluding hydrogens is 352 g/mol. The smallest absolute Gasteiger partial charge is 0.335 e. The van der Waals surface area contributed by atoms with E-state index in [4.69, 9.17) is 4.74 Å². The highest BCUT2D eigenvalue weighted by atomic mass is 16.5. The Morgan fingerprint density at radius 2 is 1.96 bits per heavy atom. The number of ether oxygens (including phenoxy) is 1. The Morgan fingerprint density at radius 3 is 2.56 bits per heavy atom. The van der Waals surface area contributed by atoms with Crippen molar-refractivity contribution in [1.82, 2.24) is 15.0 Å². The predicted octanol–water partition coefficient (Wildman–Crippen LogP) is 1.27. The Kier molecular flexibility index (Phi) is 6.53. The number of aromatic amines is 1. The quantitative estimate of drug-likeness (QED) is 0.497. The number of H-pyrrole nitrogens is 1. The summed E-state index contributed by atoms with van der Waals surface area (Å²) in [6.45, 7) is 3.41. The number of rotatable bonds is 7. The lowest BCUT2D eigenvalue weighted by molar-refractivity contribution is -0.121. The maximum atomic E-state index is 12.2. The van der Waals surface area contributed by atoms with E-state index in [2.05, 4.69) is 15.5 Å². The molecule has 2 rings (SSSR count). The lowest BCUT2D eigenvalue weighted by Crippen LogP contribution is -2.33. The van der Waals surface area contributed by atoms with E-state index in [-0.39, 0.29) is 17.2 Å². The maximum Gasteiger partial charge on any atom is 0.335 e. The van der Waals surface area contributed by atoms with Crippen LogP contribution in [-0.4, -0.2) is 33.4 Å². The summed E-state index contributed by atoms with van der Waals surface area (Å²) in [4.78, 5) is 38.2. The topological polar surface area (TPSA) is 126 Å². The first kappa shape index (κ1) is 20.0. The zero-order valence-electron chi connectivity index (χ0n) is 15.4. The van der Waals surface area contributed by atoms with Crippen molar-refractivity contribution in [1.29, 1.82) is 0 Å². The van der Waals surface area contributed by atoms with E-state index >= 15 is 0 Å². The lowest BCUT2D eigenvalue weighted by Gasteiger charge is -2.12. The summed E-state index contributed by atoms with van der Waals surface area (Å²) < 4.78 is 6.00. The number of benzene rings is 1. The average molecular weight is 374 g/mol. The number of hydrogen-bond acceptors (Lipinski definition) is 6. The van der Waals surface area contributed by atoms with E-state index in [9.17, 15) is 19.5 Å². The van der Waals surface area contributed by atoms with Gasteiger partial charge in [0.05, 0.1) is 18.5 Å². The Hall–Kier alpha value is -3.36. The van der Waals surface area contributed by atoms with Gasteiger partial charge in [0.1, 0.15) is 11.3 Å². The van der Waals surface area contributed by atoms with Crippen molar-refractivity contribution < 1.29 is 14.6 Å². The standard InChI is InChI=1S/C18H22N4O5/c1-4-5-6-14(23)21-20-11(2)15-16(24)19-18(26)22(17(15)25)12-7-9-13(27-3)10-8-12/h7-10,25H,4-6H2,1-3H3,(H,21,23)(H,19,24,26)/b20-11+. The fourth-order valence-corrected chi connectivity index (χ4v) is 2.42. The molecule has 0 radical (unpaired) electrons. The first-order valence-corrected chi connectivity index (χ1v) is 8.45. The summed E-state index contributed by atoms with van der Waals surface area (Å²) in [6.07, 6.45) is 1.89. The highest BCUT2D eigenvalue weighted by Gasteiger charge is 2.18. The van der Waals surface area contributed by atoms with Gasteiger partial charge >= 0.3 is 5.69 Å². The molecule has 1 heterocycles. The average Bonchev–Trinajstić information content (AvgIpc) is 2.64. The highest BCUT2D eigenvalue weighted by Crippen LogP contribution is 2.19. The van der Waals surface area contributed by atoms with Gasteiger partial charge < -0.3 is 9.84 Å². The molecule has 1 aromatic heterocycles. The molecule has 144 valence electrons. The van der Waals surface area contributed by atoms with Crippen LogP contribution in [0, 0.1) is 0 Å². The molecule has 0 saturated carbocycles. The van der Waals surface area contributed by atoms with E-state index in [0.717, 1.165) is 11.0 Å². The Labute approximate surface area is 155 Å². The van der Waals surface area contributed by atoms with Crippen LogP contribution in [0.2, 0.25) is 0 Å². The van der Waals surface area contributed by atoms with Gasteiger partial charge in [-0.1, -0.05) is 13.3 Å². The van der Waals surface area contributed by atoms with Gasteiger partial charge in [-0.05, 0) is 37.6 Å². The van der Waals surface area contributed by atoms with Crippen LogP contribution in [0.25, 0.3) is 5.69 Å². The Morgan fingerprint density at radius 1 is 1.30 bits per heavy atom. The van der Waals surface area contributed by atoms with Crippen molar-refractivity contribution in [3.05, 3.63) is 50.7 Å². The SMILES string of the molecule is CCCCC(=O)N/N=C(\C)c1c(O)n(-c2ccc(OC)cc2)c(=O)[nH]c1=O. The van der Waals surface area contributed by atoms with Crippen LogP contribution in [-0.2, 0) is 4.79 Å². The fraction of sp³-hybridized carbons (Fsp3) is 0.333. The fourth-order valence-electron chi connectivity index (χ4n) is 2.42. The molecular formula is C18H22N4O5. The van der Waals surface area contributed by atoms with Crippen LogP contribution >= 0.6 is 0 Å². The molecule has 0 bridgehead atoms. The van der Waals surface area contributed by atoms with Crippen LogP contribution in [0.15, 0.2) is 39.0 Å². The molecule has 0 spiro atoms. The minimum Gasteiger partial charge on any atom is -0.497 e. The van der Waals surface area contributed by atoms with Gasteiger partial charge in [0.2, 0.25) is 11.8 Å². The van der Waals surface area contributed by atoms with Gasteiger partial charge in [-0.15, -0.1) is 0 Å². The molecule has 27 heavy (non-hydrogen) atoms. The van der Waals surface area contributed by atoms with E-state index in [1.54, 1.807) is 24.3 Å². The van der Waals surface area contributed by atoms with Gasteiger partial charge in [0, 0.05) is 6.42 Å². The summed E-state index contributed by atoms with van der Waals surface area (Å²) in [5.41, 5.74) is 0.933. The number of aromatic nitrogens is 2. The second-order valence-electron chi connectivity index (χ2n) is 5.83. The molecule has 1 amide bonds. The third-order valence-electron chi connectivity index (χ3n) is 3.88. The highest BCUT2D eigenvalue weighted by molar-refractivity contribution is 6.00.